The molecule has 4 rings (SSSR count). The number of rotatable bonds is 15. The first kappa shape index (κ1) is 47.3. The van der Waals surface area contributed by atoms with Crippen LogP contribution in [-0.4, -0.2) is 94.1 Å². The number of aryl methyl sites for hydroxylation is 2. The molecule has 0 saturated carbocycles. The second-order valence-electron chi connectivity index (χ2n) is 14.5. The van der Waals surface area contributed by atoms with E-state index in [1.807, 2.05) is 88.4 Å². The minimum atomic E-state index is -0.934. The molecule has 2 unspecified atom stereocenters. The maximum Gasteiger partial charge on any atom is 0.318 e. The Hall–Kier alpha value is -5.82. The zero-order valence-corrected chi connectivity index (χ0v) is 34.7. The highest BCUT2D eigenvalue weighted by Crippen LogP contribution is 2.07. The van der Waals surface area contributed by atoms with Crippen molar-refractivity contribution in [1.29, 1.82) is 0 Å². The topological polar surface area (TPSA) is 169 Å². The van der Waals surface area contributed by atoms with Crippen molar-refractivity contribution in [3.05, 3.63) is 132 Å². The van der Waals surface area contributed by atoms with Crippen molar-refractivity contribution in [3.63, 3.8) is 0 Å². The van der Waals surface area contributed by atoms with Gasteiger partial charge in [-0.2, -0.15) is 0 Å². The Balaban J connectivity index is 0.000000662. The van der Waals surface area contributed by atoms with Crippen LogP contribution < -0.4 is 21.3 Å². The van der Waals surface area contributed by atoms with Crippen molar-refractivity contribution in [2.75, 3.05) is 27.2 Å². The van der Waals surface area contributed by atoms with Crippen molar-refractivity contribution < 1.29 is 24.3 Å². The molecule has 0 fully saturated rings. The molecule has 57 heavy (non-hydrogen) atoms. The molecule has 0 spiro atoms. The molecule has 0 radical (unpaired) electrons. The van der Waals surface area contributed by atoms with Crippen LogP contribution in [0.5, 0.6) is 0 Å². The first-order valence-electron chi connectivity index (χ1n) is 19.3. The van der Waals surface area contributed by atoms with Crippen molar-refractivity contribution in [3.8, 4) is 0 Å². The number of aromatic nitrogens is 2. The van der Waals surface area contributed by atoms with Gasteiger partial charge in [-0.05, 0) is 56.4 Å². The number of carbonyl (C=O) groups is 4. The number of nitrogens with one attached hydrogen (secondary N) is 4. The van der Waals surface area contributed by atoms with Gasteiger partial charge in [-0.15, -0.1) is 0 Å². The van der Waals surface area contributed by atoms with E-state index < -0.39 is 36.2 Å². The zero-order chi connectivity index (χ0) is 42.2. The maximum atomic E-state index is 12.8. The Morgan fingerprint density at radius 2 is 0.982 bits per heavy atom. The Morgan fingerprint density at radius 3 is 1.32 bits per heavy atom. The molecule has 3 atom stereocenters. The van der Waals surface area contributed by atoms with Crippen LogP contribution in [0.3, 0.4) is 0 Å². The molecule has 6 amide bonds. The molecule has 0 bridgehead atoms. The van der Waals surface area contributed by atoms with Crippen LogP contribution in [-0.2, 0) is 22.7 Å². The monoisotopic (exact) mass is 782 g/mol. The summed E-state index contributed by atoms with van der Waals surface area (Å²) in [4.78, 5) is 62.3. The molecule has 13 nitrogen and oxygen atoms in total. The van der Waals surface area contributed by atoms with Gasteiger partial charge in [0.2, 0.25) is 11.8 Å². The van der Waals surface area contributed by atoms with Crippen LogP contribution in [0.25, 0.3) is 0 Å². The fourth-order valence-corrected chi connectivity index (χ4v) is 5.14. The summed E-state index contributed by atoms with van der Waals surface area (Å²) in [5, 5.41) is 21.4. The summed E-state index contributed by atoms with van der Waals surface area (Å²) in [7, 11) is 3.24. The number of hydrogen-bond donors (Lipinski definition) is 5. The van der Waals surface area contributed by atoms with Crippen molar-refractivity contribution in [2.24, 2.45) is 11.8 Å². The molecule has 0 aliphatic carbocycles. The number of aliphatic hydroxyl groups is 1. The van der Waals surface area contributed by atoms with E-state index in [4.69, 9.17) is 0 Å². The molecule has 4 aromatic rings. The molecule has 0 aliphatic heterocycles. The molecule has 308 valence electrons. The number of hydrogen-bond acceptors (Lipinski definition) is 7. The minimum Gasteiger partial charge on any atom is -0.391 e. The number of benzene rings is 2. The van der Waals surface area contributed by atoms with E-state index in [2.05, 4.69) is 69.3 Å². The average molecular weight is 783 g/mol. The third-order valence-electron chi connectivity index (χ3n) is 8.57. The molecule has 2 aromatic heterocycles. The lowest BCUT2D eigenvalue weighted by Gasteiger charge is -2.26. The van der Waals surface area contributed by atoms with E-state index in [0.717, 1.165) is 11.4 Å². The molecule has 0 aliphatic rings. The standard InChI is InChI=1S/C30H46N8O5.2C7H8/c1-20(2)25(35-29(42)37(5)18-22-11-7-9-14-31-22)27(40)33-16-13-24(39)17-34-28(41)26(21(3)4)36-30(43)38(6)19-23-12-8-10-15-32-23;2*1-7-5-3-2-4-6-7/h7-12,14-15,20-21,24-26,39H,13,16-19H2,1-6H3,(H,33,40)(H,34,41)(H,35,42)(H,36,43);2*2-6H,1H3/t24-,25?,26?;;/m0../s1. The zero-order valence-electron chi connectivity index (χ0n) is 34.7. The van der Waals surface area contributed by atoms with Gasteiger partial charge in [0, 0.05) is 39.6 Å². The summed E-state index contributed by atoms with van der Waals surface area (Å²) < 4.78 is 0. The molecular weight excluding hydrogens is 721 g/mol. The van der Waals surface area contributed by atoms with E-state index in [0.29, 0.717) is 6.54 Å². The second-order valence-corrected chi connectivity index (χ2v) is 14.5. The average Bonchev–Trinajstić information content (AvgIpc) is 3.19. The van der Waals surface area contributed by atoms with Gasteiger partial charge in [-0.25, -0.2) is 9.59 Å². The highest BCUT2D eigenvalue weighted by molar-refractivity contribution is 5.88. The van der Waals surface area contributed by atoms with Gasteiger partial charge in [-0.1, -0.05) is 112 Å². The molecule has 2 aromatic carbocycles. The smallest absolute Gasteiger partial charge is 0.318 e. The molecule has 5 N–H and O–H groups in total. The summed E-state index contributed by atoms with van der Waals surface area (Å²) in [6.45, 7) is 12.1. The Morgan fingerprint density at radius 1 is 0.596 bits per heavy atom. The van der Waals surface area contributed by atoms with Crippen LogP contribution in [0.1, 0.15) is 56.6 Å². The van der Waals surface area contributed by atoms with Crippen molar-refractivity contribution in [1.82, 2.24) is 41.0 Å². The maximum absolute atomic E-state index is 12.8. The molecule has 0 saturated heterocycles. The van der Waals surface area contributed by atoms with E-state index >= 15 is 0 Å². The molecule has 2 heterocycles. The lowest BCUT2D eigenvalue weighted by Crippen LogP contribution is -2.54. The van der Waals surface area contributed by atoms with Gasteiger partial charge < -0.3 is 36.2 Å². The number of pyridine rings is 2. The predicted octanol–water partition coefficient (Wildman–Crippen LogP) is 5.48. The number of carbonyl (C=O) groups excluding carboxylic acids is 4. The highest BCUT2D eigenvalue weighted by atomic mass is 16.3. The third kappa shape index (κ3) is 19.6. The van der Waals surface area contributed by atoms with E-state index in [1.165, 1.54) is 20.9 Å². The summed E-state index contributed by atoms with van der Waals surface area (Å²) in [5.74, 6) is -1.17. The molecular formula is C44H62N8O5. The lowest BCUT2D eigenvalue weighted by molar-refractivity contribution is -0.125. The summed E-state index contributed by atoms with van der Waals surface area (Å²) in [6.07, 6.45) is 2.54. The van der Waals surface area contributed by atoms with Crippen LogP contribution in [0.2, 0.25) is 0 Å². The summed E-state index contributed by atoms with van der Waals surface area (Å²) in [6, 6.07) is 29.0. The normalized spacial score (nSPS) is 12.0. The Labute approximate surface area is 338 Å². The van der Waals surface area contributed by atoms with Crippen molar-refractivity contribution >= 4 is 23.9 Å². The number of nitrogens with zero attached hydrogens (tertiary/aromatic N) is 4. The number of urea groups is 2. The van der Waals surface area contributed by atoms with E-state index in [-0.39, 0.29) is 43.8 Å². The first-order chi connectivity index (χ1) is 27.2. The predicted molar refractivity (Wildman–Crippen MR) is 225 cm³/mol. The highest BCUT2D eigenvalue weighted by Gasteiger charge is 2.27. The van der Waals surface area contributed by atoms with Gasteiger partial charge in [0.05, 0.1) is 30.6 Å². The van der Waals surface area contributed by atoms with E-state index in [1.54, 1.807) is 38.6 Å². The summed E-state index contributed by atoms with van der Waals surface area (Å²) >= 11 is 0. The third-order valence-corrected chi connectivity index (χ3v) is 8.57. The van der Waals surface area contributed by atoms with Gasteiger partial charge in [-0.3, -0.25) is 19.6 Å². The van der Waals surface area contributed by atoms with Crippen LogP contribution >= 0.6 is 0 Å². The van der Waals surface area contributed by atoms with Crippen molar-refractivity contribution in [2.45, 2.75) is 79.2 Å². The van der Waals surface area contributed by atoms with Crippen LogP contribution in [0.4, 0.5) is 9.59 Å². The van der Waals surface area contributed by atoms with Gasteiger partial charge in [0.15, 0.2) is 0 Å². The van der Waals surface area contributed by atoms with Crippen LogP contribution in [0, 0.1) is 25.7 Å². The number of aliphatic hydroxyl groups excluding tert-OH is 1. The van der Waals surface area contributed by atoms with Gasteiger partial charge >= 0.3 is 12.1 Å². The lowest BCUT2D eigenvalue weighted by atomic mass is 10.0. The quantitative estimate of drug-likeness (QED) is 0.106. The summed E-state index contributed by atoms with van der Waals surface area (Å²) in [5.41, 5.74) is 4.09. The largest absolute Gasteiger partial charge is 0.391 e. The van der Waals surface area contributed by atoms with Crippen LogP contribution in [0.15, 0.2) is 109 Å². The second kappa shape index (κ2) is 26.1. The number of amides is 6. The first-order valence-corrected chi connectivity index (χ1v) is 19.3. The fourth-order valence-electron chi connectivity index (χ4n) is 5.14. The SMILES string of the molecule is CC(C)C(NC(=O)N(C)Cc1ccccn1)C(=O)NCC[C@H](O)CNC(=O)C(NC(=O)N(C)Cc1ccccn1)C(C)C.Cc1ccccc1.Cc1ccccc1. The fraction of sp³-hybridized carbons (Fsp3) is 0.409. The van der Waals surface area contributed by atoms with Gasteiger partial charge in [0.25, 0.3) is 0 Å². The van der Waals surface area contributed by atoms with Gasteiger partial charge in [0.1, 0.15) is 12.1 Å². The Kier molecular flexibility index (Phi) is 21.7. The van der Waals surface area contributed by atoms with E-state index in [9.17, 15) is 24.3 Å². The Bertz CT molecular complexity index is 1690. The minimum absolute atomic E-state index is 0.0553. The molecule has 13 heteroatoms.